The highest BCUT2D eigenvalue weighted by molar-refractivity contribution is 7.89. The normalized spacial score (nSPS) is 12.3. The highest BCUT2D eigenvalue weighted by Gasteiger charge is 2.27. The number of carbonyl (C=O) groups excluding carboxylic acids is 1. The molecule has 0 bridgehead atoms. The molecule has 200 valence electrons. The van der Waals surface area contributed by atoms with Gasteiger partial charge in [0, 0.05) is 24.0 Å². The van der Waals surface area contributed by atoms with Crippen LogP contribution in [-0.2, 0) is 33.1 Å². The molecule has 0 fully saturated rings. The quantitative estimate of drug-likeness (QED) is 0.225. The third-order valence-electron chi connectivity index (χ3n) is 6.68. The van der Waals surface area contributed by atoms with Crippen LogP contribution in [0.2, 0.25) is 0 Å². The molecule has 1 aromatic heterocycles. The first-order valence-corrected chi connectivity index (χ1v) is 14.3. The summed E-state index contributed by atoms with van der Waals surface area (Å²) in [4.78, 5) is 12.4. The molecule has 0 radical (unpaired) electrons. The smallest absolute Gasteiger partial charge is 0.374 e. The summed E-state index contributed by atoms with van der Waals surface area (Å²) in [6.45, 7) is 10.7. The van der Waals surface area contributed by atoms with Gasteiger partial charge in [0.25, 0.3) is 0 Å². The molecule has 4 aromatic rings. The van der Waals surface area contributed by atoms with Gasteiger partial charge in [0.2, 0.25) is 15.8 Å². The topological polar surface area (TPSA) is 76.8 Å². The highest BCUT2D eigenvalue weighted by atomic mass is 32.2. The molecule has 0 aliphatic carbocycles. The van der Waals surface area contributed by atoms with Crippen LogP contribution in [0, 0.1) is 6.92 Å². The second kappa shape index (κ2) is 11.1. The van der Waals surface area contributed by atoms with E-state index in [1.807, 2.05) is 42.5 Å². The Morgan fingerprint density at radius 2 is 1.63 bits per heavy atom. The lowest BCUT2D eigenvalue weighted by Crippen LogP contribution is -2.32. The minimum atomic E-state index is -3.86. The fourth-order valence-corrected chi connectivity index (χ4v) is 5.85. The van der Waals surface area contributed by atoms with Crippen molar-refractivity contribution < 1.29 is 22.4 Å². The molecule has 3 aromatic carbocycles. The van der Waals surface area contributed by atoms with Crippen molar-refractivity contribution in [3.63, 3.8) is 0 Å². The summed E-state index contributed by atoms with van der Waals surface area (Å²) in [6.07, 6.45) is 0.583. The van der Waals surface area contributed by atoms with Gasteiger partial charge < -0.3 is 9.15 Å². The Labute approximate surface area is 225 Å². The van der Waals surface area contributed by atoms with Gasteiger partial charge in [-0.1, -0.05) is 75.4 Å². The number of rotatable bonds is 9. The number of aryl methyl sites for hydroxylation is 1. The Kier molecular flexibility index (Phi) is 8.09. The van der Waals surface area contributed by atoms with E-state index in [-0.39, 0.29) is 29.2 Å². The third kappa shape index (κ3) is 6.00. The van der Waals surface area contributed by atoms with Gasteiger partial charge in [-0.15, -0.1) is 0 Å². The summed E-state index contributed by atoms with van der Waals surface area (Å²) < 4.78 is 40.3. The van der Waals surface area contributed by atoms with Crippen LogP contribution in [0.15, 0.2) is 82.1 Å². The van der Waals surface area contributed by atoms with Gasteiger partial charge in [0.05, 0.1) is 11.5 Å². The Hall–Kier alpha value is -3.42. The summed E-state index contributed by atoms with van der Waals surface area (Å²) in [5, 5.41) is 0.576. The maximum Gasteiger partial charge on any atom is 0.374 e. The summed E-state index contributed by atoms with van der Waals surface area (Å²) in [5.41, 5.74) is 4.19. The zero-order valence-corrected chi connectivity index (χ0v) is 23.5. The van der Waals surface area contributed by atoms with Gasteiger partial charge in [-0.2, -0.15) is 4.31 Å². The lowest BCUT2D eigenvalue weighted by molar-refractivity contribution is 0.0491. The maximum absolute atomic E-state index is 14.0. The zero-order chi connectivity index (χ0) is 27.5. The molecule has 1 heterocycles. The first-order valence-electron chi connectivity index (χ1n) is 12.8. The molecule has 0 aliphatic heterocycles. The van der Waals surface area contributed by atoms with Gasteiger partial charge in [-0.3, -0.25) is 0 Å². The molecule has 0 amide bonds. The maximum atomic E-state index is 14.0. The van der Waals surface area contributed by atoms with Gasteiger partial charge in [-0.05, 0) is 60.6 Å². The lowest BCUT2D eigenvalue weighted by Gasteiger charge is -2.24. The number of benzene rings is 3. The van der Waals surface area contributed by atoms with E-state index in [9.17, 15) is 13.2 Å². The van der Waals surface area contributed by atoms with Crippen LogP contribution >= 0.6 is 0 Å². The van der Waals surface area contributed by atoms with E-state index in [4.69, 9.17) is 9.15 Å². The van der Waals surface area contributed by atoms with Crippen molar-refractivity contribution in [3.8, 4) is 0 Å². The lowest BCUT2D eigenvalue weighted by atomic mass is 9.87. The molecular weight excluding hydrogens is 498 g/mol. The molecule has 0 spiro atoms. The molecule has 0 aliphatic rings. The number of nitrogens with zero attached hydrogens (tertiary/aromatic N) is 1. The molecular formula is C31H35NO5S. The van der Waals surface area contributed by atoms with E-state index >= 15 is 0 Å². The summed E-state index contributed by atoms with van der Waals surface area (Å²) in [6, 6.07) is 22.7. The van der Waals surface area contributed by atoms with Crippen molar-refractivity contribution in [3.05, 3.63) is 101 Å². The second-order valence-corrected chi connectivity index (χ2v) is 12.4. The van der Waals surface area contributed by atoms with Crippen molar-refractivity contribution in [2.45, 2.75) is 57.9 Å². The average molecular weight is 534 g/mol. The van der Waals surface area contributed by atoms with Gasteiger partial charge in [-0.25, -0.2) is 13.2 Å². The van der Waals surface area contributed by atoms with Crippen LogP contribution < -0.4 is 0 Å². The van der Waals surface area contributed by atoms with Crippen molar-refractivity contribution in [2.24, 2.45) is 0 Å². The van der Waals surface area contributed by atoms with Crippen LogP contribution in [0.5, 0.6) is 0 Å². The largest absolute Gasteiger partial charge is 0.460 e. The molecule has 38 heavy (non-hydrogen) atoms. The molecule has 6 nitrogen and oxygen atoms in total. The molecule has 0 N–H and O–H groups in total. The summed E-state index contributed by atoms with van der Waals surface area (Å²) in [7, 11) is -3.86. The fourth-order valence-electron chi connectivity index (χ4n) is 4.40. The van der Waals surface area contributed by atoms with Gasteiger partial charge in [0.1, 0.15) is 5.58 Å². The second-order valence-electron chi connectivity index (χ2n) is 10.5. The first kappa shape index (κ1) is 27.6. The fraction of sp³-hybridized carbons (Fsp3) is 0.323. The van der Waals surface area contributed by atoms with Crippen molar-refractivity contribution in [1.82, 2.24) is 4.31 Å². The third-order valence-corrected chi connectivity index (χ3v) is 8.52. The Balaban J connectivity index is 1.69. The Bertz CT molecular complexity index is 1510. The first-order chi connectivity index (χ1) is 18.0. The van der Waals surface area contributed by atoms with Crippen molar-refractivity contribution in [1.29, 1.82) is 0 Å². The van der Waals surface area contributed by atoms with E-state index in [0.29, 0.717) is 29.5 Å². The zero-order valence-electron chi connectivity index (χ0n) is 22.7. The van der Waals surface area contributed by atoms with Crippen LogP contribution in [0.25, 0.3) is 11.0 Å². The van der Waals surface area contributed by atoms with E-state index in [1.165, 1.54) is 15.9 Å². The van der Waals surface area contributed by atoms with E-state index in [2.05, 4.69) is 32.9 Å². The summed E-state index contributed by atoms with van der Waals surface area (Å²) >= 11 is 0. The van der Waals surface area contributed by atoms with Gasteiger partial charge in [0.15, 0.2) is 0 Å². The van der Waals surface area contributed by atoms with Gasteiger partial charge >= 0.3 is 5.97 Å². The number of carbonyl (C=O) groups is 1. The molecule has 7 heteroatoms. The number of hydrogen-bond acceptors (Lipinski definition) is 5. The molecule has 0 saturated carbocycles. The Morgan fingerprint density at radius 3 is 2.26 bits per heavy atom. The highest BCUT2D eigenvalue weighted by Crippen LogP contribution is 2.30. The monoisotopic (exact) mass is 533 g/mol. The number of sulfonamides is 1. The number of fused-ring (bicyclic) bond motifs is 1. The Morgan fingerprint density at radius 1 is 0.947 bits per heavy atom. The minimum Gasteiger partial charge on any atom is -0.460 e. The SMILES string of the molecule is CCOC(=O)c1oc2ccc(S(=O)(=O)N(CCc3ccccc3)Cc3ccc(C(C)(C)C)cc3)cc2c1C. The molecule has 0 unspecified atom stereocenters. The standard InChI is InChI=1S/C31H35NO5S/c1-6-36-30(33)29-22(2)27-20-26(16-17-28(27)37-29)38(34,35)32(19-18-23-10-8-7-9-11-23)21-24-12-14-25(15-13-24)31(3,4)5/h7-17,20H,6,18-19,21H2,1-5H3. The van der Waals surface area contributed by atoms with E-state index < -0.39 is 16.0 Å². The average Bonchev–Trinajstić information content (AvgIpc) is 3.23. The van der Waals surface area contributed by atoms with E-state index in [0.717, 1.165) is 11.1 Å². The van der Waals surface area contributed by atoms with Crippen molar-refractivity contribution >= 4 is 27.0 Å². The number of esters is 1. The minimum absolute atomic E-state index is 0.0118. The molecule has 0 atom stereocenters. The number of hydrogen-bond donors (Lipinski definition) is 0. The summed E-state index contributed by atoms with van der Waals surface area (Å²) in [5.74, 6) is -0.468. The number of ether oxygens (including phenoxy) is 1. The van der Waals surface area contributed by atoms with Crippen LogP contribution in [0.1, 0.15) is 60.5 Å². The van der Waals surface area contributed by atoms with Crippen LogP contribution in [0.4, 0.5) is 0 Å². The van der Waals surface area contributed by atoms with Crippen molar-refractivity contribution in [2.75, 3.05) is 13.2 Å². The predicted molar refractivity (Wildman–Crippen MR) is 150 cm³/mol. The van der Waals surface area contributed by atoms with Crippen LogP contribution in [-0.4, -0.2) is 31.8 Å². The van der Waals surface area contributed by atoms with E-state index in [1.54, 1.807) is 26.0 Å². The number of furan rings is 1. The molecule has 4 rings (SSSR count). The van der Waals surface area contributed by atoms with Crippen LogP contribution in [0.3, 0.4) is 0 Å². The predicted octanol–water partition coefficient (Wildman–Crippen LogP) is 6.65. The molecule has 0 saturated heterocycles.